The van der Waals surface area contributed by atoms with E-state index in [4.69, 9.17) is 0 Å². The lowest BCUT2D eigenvalue weighted by Crippen LogP contribution is -2.40. The van der Waals surface area contributed by atoms with Crippen molar-refractivity contribution in [2.45, 2.75) is 45.6 Å². The number of nitrogens with one attached hydrogen (secondary N) is 1. The molecule has 0 bridgehead atoms. The fourth-order valence-electron chi connectivity index (χ4n) is 2.46. The third-order valence-corrected chi connectivity index (χ3v) is 4.57. The molecule has 0 radical (unpaired) electrons. The summed E-state index contributed by atoms with van der Waals surface area (Å²) in [5.74, 6) is 0.653. The van der Waals surface area contributed by atoms with E-state index in [1.165, 1.54) is 24.1 Å². The molecule has 1 aliphatic carbocycles. The number of rotatable bonds is 3. The molecule has 0 aliphatic heterocycles. The predicted molar refractivity (Wildman–Crippen MR) is 77.7 cm³/mol. The van der Waals surface area contributed by atoms with Gasteiger partial charge in [0.05, 0.1) is 0 Å². The molecule has 0 spiro atoms. The van der Waals surface area contributed by atoms with Crippen LogP contribution in [-0.4, -0.2) is 11.9 Å². The van der Waals surface area contributed by atoms with Crippen LogP contribution < -0.4 is 5.32 Å². The van der Waals surface area contributed by atoms with Crippen LogP contribution in [0.1, 0.15) is 42.4 Å². The van der Waals surface area contributed by atoms with E-state index in [0.29, 0.717) is 12.0 Å². The summed E-state index contributed by atoms with van der Waals surface area (Å²) in [6.07, 6.45) is 8.46. The average molecular weight is 263 g/mol. The molecule has 1 aliphatic rings. The van der Waals surface area contributed by atoms with E-state index in [-0.39, 0.29) is 5.91 Å². The summed E-state index contributed by atoms with van der Waals surface area (Å²) >= 11 is 1.71. The summed E-state index contributed by atoms with van der Waals surface area (Å²) in [6, 6.07) is 4.49. The van der Waals surface area contributed by atoms with Gasteiger partial charge in [-0.05, 0) is 43.9 Å². The van der Waals surface area contributed by atoms with Crippen molar-refractivity contribution in [2.75, 3.05) is 0 Å². The second-order valence-electron chi connectivity index (χ2n) is 5.16. The summed E-state index contributed by atoms with van der Waals surface area (Å²) in [4.78, 5) is 14.3. The topological polar surface area (TPSA) is 29.1 Å². The highest BCUT2D eigenvalue weighted by atomic mass is 32.1. The van der Waals surface area contributed by atoms with Crippen LogP contribution in [-0.2, 0) is 4.79 Å². The normalized spacial score (nSPS) is 24.3. The van der Waals surface area contributed by atoms with Gasteiger partial charge in [0.1, 0.15) is 0 Å². The molecule has 1 fully saturated rings. The average Bonchev–Trinajstić information content (AvgIpc) is 2.76. The van der Waals surface area contributed by atoms with Crippen molar-refractivity contribution in [2.24, 2.45) is 5.92 Å². The van der Waals surface area contributed by atoms with E-state index in [9.17, 15) is 4.79 Å². The van der Waals surface area contributed by atoms with Crippen molar-refractivity contribution < 1.29 is 4.79 Å². The summed E-state index contributed by atoms with van der Waals surface area (Å²) < 4.78 is 0. The van der Waals surface area contributed by atoms with Gasteiger partial charge in [-0.25, -0.2) is 0 Å². The lowest BCUT2D eigenvalue weighted by molar-refractivity contribution is -0.117. The number of carbonyl (C=O) groups is 1. The van der Waals surface area contributed by atoms with Gasteiger partial charge in [0.15, 0.2) is 0 Å². The highest BCUT2D eigenvalue weighted by molar-refractivity contribution is 7.12. The van der Waals surface area contributed by atoms with Gasteiger partial charge < -0.3 is 5.32 Å². The van der Waals surface area contributed by atoms with E-state index >= 15 is 0 Å². The molecule has 0 saturated heterocycles. The van der Waals surface area contributed by atoms with E-state index in [1.807, 2.05) is 12.1 Å². The predicted octanol–water partition coefficient (Wildman–Crippen LogP) is 3.76. The SMILES string of the molecule is Cc1ccc(/C=C/C(=O)N[C@H]2CCCC[C@H]2C)s1. The van der Waals surface area contributed by atoms with Gasteiger partial charge in [-0.15, -0.1) is 11.3 Å². The summed E-state index contributed by atoms with van der Waals surface area (Å²) in [5, 5.41) is 3.12. The van der Waals surface area contributed by atoms with Crippen LogP contribution in [0.4, 0.5) is 0 Å². The number of carbonyl (C=O) groups excluding carboxylic acids is 1. The molecule has 1 saturated carbocycles. The Morgan fingerprint density at radius 1 is 1.39 bits per heavy atom. The van der Waals surface area contributed by atoms with Crippen molar-refractivity contribution in [1.82, 2.24) is 5.32 Å². The Balaban J connectivity index is 1.86. The Morgan fingerprint density at radius 3 is 2.83 bits per heavy atom. The van der Waals surface area contributed by atoms with Crippen molar-refractivity contribution in [3.8, 4) is 0 Å². The van der Waals surface area contributed by atoms with Crippen LogP contribution in [0.3, 0.4) is 0 Å². The standard InChI is InChI=1S/C15H21NOS/c1-11-5-3-4-6-14(11)16-15(17)10-9-13-8-7-12(2)18-13/h7-11,14H,3-6H2,1-2H3,(H,16,17)/b10-9+/t11-,14+/m1/s1. The molecule has 2 atom stereocenters. The third kappa shape index (κ3) is 3.70. The Morgan fingerprint density at radius 2 is 2.17 bits per heavy atom. The minimum atomic E-state index is 0.0415. The van der Waals surface area contributed by atoms with Crippen LogP contribution in [0.25, 0.3) is 6.08 Å². The molecule has 1 aromatic rings. The Bertz CT molecular complexity index is 435. The molecule has 98 valence electrons. The van der Waals surface area contributed by atoms with Crippen molar-refractivity contribution >= 4 is 23.3 Å². The maximum absolute atomic E-state index is 11.8. The van der Waals surface area contributed by atoms with Crippen LogP contribution >= 0.6 is 11.3 Å². The van der Waals surface area contributed by atoms with Crippen molar-refractivity contribution in [3.63, 3.8) is 0 Å². The monoisotopic (exact) mass is 263 g/mol. The fraction of sp³-hybridized carbons (Fsp3) is 0.533. The van der Waals surface area contributed by atoms with Gasteiger partial charge >= 0.3 is 0 Å². The molecule has 1 aromatic heterocycles. The quantitative estimate of drug-likeness (QED) is 0.826. The molecule has 2 rings (SSSR count). The zero-order valence-electron chi connectivity index (χ0n) is 11.1. The molecular formula is C15H21NOS. The molecule has 18 heavy (non-hydrogen) atoms. The Labute approximate surface area is 113 Å². The number of amides is 1. The Kier molecular flexibility index (Phi) is 4.59. The summed E-state index contributed by atoms with van der Waals surface area (Å²) in [7, 11) is 0. The molecule has 1 heterocycles. The lowest BCUT2D eigenvalue weighted by atomic mass is 9.86. The third-order valence-electron chi connectivity index (χ3n) is 3.60. The molecular weight excluding hydrogens is 242 g/mol. The zero-order chi connectivity index (χ0) is 13.0. The van der Waals surface area contributed by atoms with Gasteiger partial charge in [-0.3, -0.25) is 4.79 Å². The molecule has 0 aromatic carbocycles. The summed E-state index contributed by atoms with van der Waals surface area (Å²) in [6.45, 7) is 4.31. The minimum Gasteiger partial charge on any atom is -0.350 e. The Hall–Kier alpha value is -1.09. The maximum Gasteiger partial charge on any atom is 0.244 e. The number of aryl methyl sites for hydroxylation is 1. The molecule has 2 nitrogen and oxygen atoms in total. The first-order valence-electron chi connectivity index (χ1n) is 6.70. The molecule has 0 unspecified atom stereocenters. The number of hydrogen-bond acceptors (Lipinski definition) is 2. The van der Waals surface area contributed by atoms with Crippen LogP contribution in [0, 0.1) is 12.8 Å². The van der Waals surface area contributed by atoms with E-state index in [0.717, 1.165) is 11.3 Å². The first kappa shape index (κ1) is 13.3. The van der Waals surface area contributed by atoms with Gasteiger partial charge in [0, 0.05) is 21.9 Å². The second kappa shape index (κ2) is 6.19. The smallest absolute Gasteiger partial charge is 0.244 e. The first-order chi connectivity index (χ1) is 8.65. The number of hydrogen-bond donors (Lipinski definition) is 1. The highest BCUT2D eigenvalue weighted by Crippen LogP contribution is 2.23. The second-order valence-corrected chi connectivity index (χ2v) is 6.48. The van der Waals surface area contributed by atoms with Crippen molar-refractivity contribution in [1.29, 1.82) is 0 Å². The minimum absolute atomic E-state index is 0.0415. The van der Waals surface area contributed by atoms with E-state index in [2.05, 4.69) is 25.2 Å². The van der Waals surface area contributed by atoms with Crippen LogP contribution in [0.15, 0.2) is 18.2 Å². The van der Waals surface area contributed by atoms with Crippen molar-refractivity contribution in [3.05, 3.63) is 28.0 Å². The maximum atomic E-state index is 11.8. The first-order valence-corrected chi connectivity index (χ1v) is 7.52. The van der Waals surface area contributed by atoms with Gasteiger partial charge in [0.2, 0.25) is 5.91 Å². The molecule has 3 heteroatoms. The largest absolute Gasteiger partial charge is 0.350 e. The van der Waals surface area contributed by atoms with Crippen LogP contribution in [0.5, 0.6) is 0 Å². The van der Waals surface area contributed by atoms with Gasteiger partial charge in [-0.2, -0.15) is 0 Å². The van der Waals surface area contributed by atoms with Gasteiger partial charge in [-0.1, -0.05) is 19.8 Å². The molecule has 1 N–H and O–H groups in total. The van der Waals surface area contributed by atoms with E-state index in [1.54, 1.807) is 17.4 Å². The zero-order valence-corrected chi connectivity index (χ0v) is 11.9. The number of thiophene rings is 1. The van der Waals surface area contributed by atoms with Gasteiger partial charge in [0.25, 0.3) is 0 Å². The molecule has 1 amide bonds. The fourth-order valence-corrected chi connectivity index (χ4v) is 3.24. The van der Waals surface area contributed by atoms with Crippen LogP contribution in [0.2, 0.25) is 0 Å². The lowest BCUT2D eigenvalue weighted by Gasteiger charge is -2.29. The highest BCUT2D eigenvalue weighted by Gasteiger charge is 2.21. The summed E-state index contributed by atoms with van der Waals surface area (Å²) in [5.41, 5.74) is 0. The van der Waals surface area contributed by atoms with E-state index < -0.39 is 0 Å².